The van der Waals surface area contributed by atoms with Crippen molar-refractivity contribution in [1.82, 2.24) is 24.9 Å². The highest BCUT2D eigenvalue weighted by Gasteiger charge is 2.24. The summed E-state index contributed by atoms with van der Waals surface area (Å²) >= 11 is 0. The fourth-order valence-electron chi connectivity index (χ4n) is 5.78. The van der Waals surface area contributed by atoms with E-state index in [1.54, 1.807) is 0 Å². The van der Waals surface area contributed by atoms with Crippen molar-refractivity contribution in [1.29, 1.82) is 0 Å². The Hall–Kier alpha value is -2.12. The molecule has 1 amide bonds. The molecule has 7 nitrogen and oxygen atoms in total. The van der Waals surface area contributed by atoms with Gasteiger partial charge in [0.25, 0.3) is 5.91 Å². The SMILES string of the molecule is Cn1nc(C(=O)NC2CCN(CCN3CCCC3)CC2)c2ccc(N3CCCCCC3)cc21. The smallest absolute Gasteiger partial charge is 0.272 e. The van der Waals surface area contributed by atoms with Crippen LogP contribution in [-0.4, -0.2) is 83.9 Å². The van der Waals surface area contributed by atoms with E-state index in [0.29, 0.717) is 5.69 Å². The highest BCUT2D eigenvalue weighted by atomic mass is 16.2. The van der Waals surface area contributed by atoms with E-state index in [2.05, 4.69) is 43.3 Å². The number of benzene rings is 1. The van der Waals surface area contributed by atoms with Crippen LogP contribution in [0.15, 0.2) is 18.2 Å². The Morgan fingerprint density at radius 1 is 0.909 bits per heavy atom. The van der Waals surface area contributed by atoms with E-state index in [0.717, 1.165) is 56.5 Å². The van der Waals surface area contributed by atoms with Crippen LogP contribution in [0.3, 0.4) is 0 Å². The second-order valence-corrected chi connectivity index (χ2v) is 10.2. The summed E-state index contributed by atoms with van der Waals surface area (Å²) in [7, 11) is 1.95. The third-order valence-corrected chi connectivity index (χ3v) is 7.88. The molecular weight excluding hydrogens is 412 g/mol. The van der Waals surface area contributed by atoms with Crippen LogP contribution < -0.4 is 10.2 Å². The minimum absolute atomic E-state index is 0.0290. The van der Waals surface area contributed by atoms with Crippen molar-refractivity contribution < 1.29 is 4.79 Å². The fraction of sp³-hybridized carbons (Fsp3) is 0.692. The lowest BCUT2D eigenvalue weighted by Gasteiger charge is -2.33. The summed E-state index contributed by atoms with van der Waals surface area (Å²) in [5.41, 5.74) is 2.85. The van der Waals surface area contributed by atoms with E-state index in [1.807, 2.05) is 11.7 Å². The molecule has 0 aliphatic carbocycles. The molecule has 1 aromatic heterocycles. The Balaban J connectivity index is 1.18. The minimum atomic E-state index is -0.0290. The maximum absolute atomic E-state index is 13.1. The number of hydrogen-bond donors (Lipinski definition) is 1. The van der Waals surface area contributed by atoms with Gasteiger partial charge in [0, 0.05) is 63.4 Å². The first-order valence-electron chi connectivity index (χ1n) is 13.1. The predicted octanol–water partition coefficient (Wildman–Crippen LogP) is 3.24. The molecule has 33 heavy (non-hydrogen) atoms. The van der Waals surface area contributed by atoms with E-state index in [9.17, 15) is 4.79 Å². The second kappa shape index (κ2) is 10.4. The highest BCUT2D eigenvalue weighted by molar-refractivity contribution is 6.05. The van der Waals surface area contributed by atoms with Crippen molar-refractivity contribution in [2.24, 2.45) is 7.05 Å². The van der Waals surface area contributed by atoms with Gasteiger partial charge in [-0.1, -0.05) is 12.8 Å². The summed E-state index contributed by atoms with van der Waals surface area (Å²) < 4.78 is 1.87. The van der Waals surface area contributed by atoms with E-state index in [-0.39, 0.29) is 11.9 Å². The molecule has 3 fully saturated rings. The molecule has 1 aromatic carbocycles. The topological polar surface area (TPSA) is 56.6 Å². The number of rotatable bonds is 6. The van der Waals surface area contributed by atoms with Crippen LogP contribution in [0.1, 0.15) is 61.9 Å². The van der Waals surface area contributed by atoms with Crippen LogP contribution in [0.25, 0.3) is 10.9 Å². The number of carbonyl (C=O) groups excluding carboxylic acids is 1. The lowest BCUT2D eigenvalue weighted by atomic mass is 10.0. The van der Waals surface area contributed by atoms with E-state index in [4.69, 9.17) is 0 Å². The molecule has 180 valence electrons. The van der Waals surface area contributed by atoms with Gasteiger partial charge in [-0.3, -0.25) is 9.48 Å². The van der Waals surface area contributed by atoms with Crippen molar-refractivity contribution >= 4 is 22.5 Å². The molecule has 1 N–H and O–H groups in total. The Labute approximate surface area is 198 Å². The molecule has 0 saturated carbocycles. The molecule has 4 heterocycles. The molecule has 0 spiro atoms. The van der Waals surface area contributed by atoms with Crippen molar-refractivity contribution in [3.05, 3.63) is 23.9 Å². The zero-order valence-electron chi connectivity index (χ0n) is 20.3. The Kier molecular flexibility index (Phi) is 7.16. The van der Waals surface area contributed by atoms with Crippen molar-refractivity contribution in [3.63, 3.8) is 0 Å². The number of likely N-dealkylation sites (tertiary alicyclic amines) is 2. The third kappa shape index (κ3) is 5.35. The third-order valence-electron chi connectivity index (χ3n) is 7.88. The number of piperidine rings is 1. The number of hydrogen-bond acceptors (Lipinski definition) is 5. The number of aromatic nitrogens is 2. The van der Waals surface area contributed by atoms with Crippen molar-refractivity contribution in [2.75, 3.05) is 57.3 Å². The normalized spacial score (nSPS) is 21.5. The number of nitrogens with one attached hydrogen (secondary N) is 1. The first kappa shape index (κ1) is 22.7. The monoisotopic (exact) mass is 452 g/mol. The molecule has 3 aliphatic heterocycles. The van der Waals surface area contributed by atoms with Gasteiger partial charge in [0.05, 0.1) is 5.52 Å². The molecule has 5 rings (SSSR count). The molecule has 7 heteroatoms. The summed E-state index contributed by atoms with van der Waals surface area (Å²) in [6, 6.07) is 6.72. The van der Waals surface area contributed by atoms with Gasteiger partial charge in [-0.15, -0.1) is 0 Å². The number of anilines is 1. The number of aryl methyl sites for hydroxylation is 1. The Morgan fingerprint density at radius 3 is 2.24 bits per heavy atom. The number of nitrogens with zero attached hydrogens (tertiary/aromatic N) is 5. The standard InChI is InChI=1S/C26H40N6O/c1-29-24-20-22(32-14-4-2-3-5-15-32)8-9-23(24)25(28-29)26(33)27-21-10-16-31(17-11-21)19-18-30-12-6-7-13-30/h8-9,20-21H,2-7,10-19H2,1H3,(H,27,33). The average molecular weight is 453 g/mol. The van der Waals surface area contributed by atoms with Gasteiger partial charge in [-0.05, 0) is 69.8 Å². The first-order chi connectivity index (χ1) is 16.2. The summed E-state index contributed by atoms with van der Waals surface area (Å²) in [6.07, 6.45) is 9.93. The van der Waals surface area contributed by atoms with Crippen LogP contribution >= 0.6 is 0 Å². The summed E-state index contributed by atoms with van der Waals surface area (Å²) in [6.45, 7) is 9.26. The average Bonchev–Trinajstić information content (AvgIpc) is 3.37. The lowest BCUT2D eigenvalue weighted by molar-refractivity contribution is 0.0904. The predicted molar refractivity (Wildman–Crippen MR) is 134 cm³/mol. The van der Waals surface area contributed by atoms with Gasteiger partial charge >= 0.3 is 0 Å². The minimum Gasteiger partial charge on any atom is -0.371 e. The van der Waals surface area contributed by atoms with Crippen LogP contribution in [0.4, 0.5) is 5.69 Å². The summed E-state index contributed by atoms with van der Waals surface area (Å²) in [4.78, 5) is 20.8. The largest absolute Gasteiger partial charge is 0.371 e. The number of amides is 1. The molecule has 0 atom stereocenters. The maximum atomic E-state index is 13.1. The van der Waals surface area contributed by atoms with Gasteiger partial charge < -0.3 is 20.0 Å². The second-order valence-electron chi connectivity index (χ2n) is 10.2. The van der Waals surface area contributed by atoms with Crippen LogP contribution in [0, 0.1) is 0 Å². The zero-order valence-corrected chi connectivity index (χ0v) is 20.3. The van der Waals surface area contributed by atoms with Gasteiger partial charge in [-0.2, -0.15) is 5.10 Å². The van der Waals surface area contributed by atoms with Crippen LogP contribution in [0.2, 0.25) is 0 Å². The molecular formula is C26H40N6O. The molecule has 0 radical (unpaired) electrons. The Morgan fingerprint density at radius 2 is 1.55 bits per heavy atom. The first-order valence-corrected chi connectivity index (χ1v) is 13.1. The molecule has 0 unspecified atom stereocenters. The van der Waals surface area contributed by atoms with Crippen LogP contribution in [0.5, 0.6) is 0 Å². The molecule has 0 bridgehead atoms. The zero-order chi connectivity index (χ0) is 22.6. The lowest BCUT2D eigenvalue weighted by Crippen LogP contribution is -2.46. The van der Waals surface area contributed by atoms with Crippen molar-refractivity contribution in [3.8, 4) is 0 Å². The van der Waals surface area contributed by atoms with E-state index >= 15 is 0 Å². The number of fused-ring (bicyclic) bond motifs is 1. The Bertz CT molecular complexity index is 934. The highest BCUT2D eigenvalue weighted by Crippen LogP contribution is 2.26. The van der Waals surface area contributed by atoms with Crippen molar-refractivity contribution in [2.45, 2.75) is 57.4 Å². The van der Waals surface area contributed by atoms with E-state index in [1.165, 1.54) is 63.8 Å². The van der Waals surface area contributed by atoms with Gasteiger partial charge in [-0.25, -0.2) is 0 Å². The quantitative estimate of drug-likeness (QED) is 0.729. The van der Waals surface area contributed by atoms with Gasteiger partial charge in [0.15, 0.2) is 5.69 Å². The van der Waals surface area contributed by atoms with Gasteiger partial charge in [0.2, 0.25) is 0 Å². The molecule has 3 aliphatic rings. The van der Waals surface area contributed by atoms with Gasteiger partial charge in [0.1, 0.15) is 0 Å². The fourth-order valence-corrected chi connectivity index (χ4v) is 5.78. The molecule has 3 saturated heterocycles. The van der Waals surface area contributed by atoms with E-state index < -0.39 is 0 Å². The summed E-state index contributed by atoms with van der Waals surface area (Å²) in [5.74, 6) is -0.0290. The number of carbonyl (C=O) groups is 1. The summed E-state index contributed by atoms with van der Waals surface area (Å²) in [5, 5.41) is 8.86. The van der Waals surface area contributed by atoms with Crippen LogP contribution in [-0.2, 0) is 7.05 Å². The maximum Gasteiger partial charge on any atom is 0.272 e. The molecule has 2 aromatic rings.